The van der Waals surface area contributed by atoms with Crippen LogP contribution >= 0.6 is 0 Å². The Labute approximate surface area is 233 Å². The minimum absolute atomic E-state index is 0.0844. The standard InChI is InChI=1S/C26H31B2FN8O3/c1-40-16-13-35(14-16)22-17-11-30-18(9-20(17)37(34-22)26(27,28)25(29)4-2-5-25)21-19(12-31-33-21)32-23(39)36-8-3-15(38)10-24(36)6-7-24/h9,11-12,15-16,38H,2-8,10,13-14H2,1H3,(H,31,33)(H,32,39)/t15-/m1/s1. The number of methoxy groups -OCH3 is 1. The van der Waals surface area contributed by atoms with Gasteiger partial charge in [-0.15, -0.1) is 0 Å². The number of piperidine rings is 1. The van der Waals surface area contributed by atoms with Gasteiger partial charge in [0.05, 0.1) is 56.4 Å². The molecule has 1 spiro atoms. The minimum atomic E-state index is -1.87. The van der Waals surface area contributed by atoms with E-state index in [2.05, 4.69) is 20.5 Å². The van der Waals surface area contributed by atoms with Gasteiger partial charge in [0.2, 0.25) is 0 Å². The van der Waals surface area contributed by atoms with Crippen molar-refractivity contribution in [1.29, 1.82) is 0 Å². The number of halogens is 1. The van der Waals surface area contributed by atoms with Crippen molar-refractivity contribution in [3.63, 3.8) is 0 Å². The molecule has 4 fully saturated rings. The van der Waals surface area contributed by atoms with E-state index in [4.69, 9.17) is 25.5 Å². The number of aromatic nitrogens is 5. The number of nitrogens with zero attached hydrogens (tertiary/aromatic N) is 6. The van der Waals surface area contributed by atoms with E-state index in [1.807, 2.05) is 9.80 Å². The number of fused-ring (bicyclic) bond motifs is 1. The summed E-state index contributed by atoms with van der Waals surface area (Å²) >= 11 is 0. The molecule has 2 aliphatic heterocycles. The number of pyridine rings is 1. The zero-order chi connectivity index (χ0) is 27.9. The van der Waals surface area contributed by atoms with Crippen molar-refractivity contribution >= 4 is 44.1 Å². The molecule has 2 saturated heterocycles. The Balaban J connectivity index is 1.23. The number of hydrogen-bond donors (Lipinski definition) is 3. The second-order valence-electron chi connectivity index (χ2n) is 11.8. The molecule has 5 heterocycles. The molecule has 1 atom stereocenters. The monoisotopic (exact) mass is 544 g/mol. The predicted molar refractivity (Wildman–Crippen MR) is 148 cm³/mol. The van der Waals surface area contributed by atoms with Crippen LogP contribution in [0.3, 0.4) is 0 Å². The summed E-state index contributed by atoms with van der Waals surface area (Å²) < 4.78 is 22.5. The van der Waals surface area contributed by atoms with Crippen LogP contribution in [0.2, 0.25) is 0 Å². The average molecular weight is 544 g/mol. The van der Waals surface area contributed by atoms with Gasteiger partial charge in [0.1, 0.15) is 11.4 Å². The number of amides is 2. The van der Waals surface area contributed by atoms with Crippen molar-refractivity contribution < 1.29 is 19.0 Å². The molecular weight excluding hydrogens is 513 g/mol. The number of anilines is 2. The molecule has 0 aromatic carbocycles. The zero-order valence-electron chi connectivity index (χ0n) is 22.4. The number of ether oxygens (including phenoxy) is 1. The number of carbonyl (C=O) groups is 1. The lowest BCUT2D eigenvalue weighted by molar-refractivity contribution is 0.0152. The Hall–Kier alpha value is -3.12. The Morgan fingerprint density at radius 2 is 2.05 bits per heavy atom. The maximum Gasteiger partial charge on any atom is 0.322 e. The van der Waals surface area contributed by atoms with Crippen LogP contribution < -0.4 is 10.2 Å². The van der Waals surface area contributed by atoms with E-state index >= 15 is 4.39 Å². The first-order chi connectivity index (χ1) is 19.1. The summed E-state index contributed by atoms with van der Waals surface area (Å²) in [5.74, 6) is 0.616. The second-order valence-corrected chi connectivity index (χ2v) is 11.8. The Morgan fingerprint density at radius 1 is 1.27 bits per heavy atom. The van der Waals surface area contributed by atoms with Crippen LogP contribution in [-0.2, 0) is 10.1 Å². The first kappa shape index (κ1) is 25.8. The first-order valence-electron chi connectivity index (χ1n) is 13.9. The molecule has 14 heteroatoms. The summed E-state index contributed by atoms with van der Waals surface area (Å²) in [7, 11) is 14.7. The van der Waals surface area contributed by atoms with Crippen LogP contribution in [0.25, 0.3) is 22.3 Å². The Bertz CT molecular complexity index is 1460. The third kappa shape index (κ3) is 3.86. The van der Waals surface area contributed by atoms with E-state index in [1.165, 1.54) is 10.9 Å². The normalized spacial score (nSPS) is 23.7. The highest BCUT2D eigenvalue weighted by atomic mass is 19.1. The number of aromatic amines is 1. The van der Waals surface area contributed by atoms with Gasteiger partial charge in [-0.05, 0) is 51.0 Å². The number of aliphatic hydroxyl groups is 1. The maximum atomic E-state index is 15.7. The van der Waals surface area contributed by atoms with E-state index in [1.54, 1.807) is 19.4 Å². The van der Waals surface area contributed by atoms with E-state index in [0.29, 0.717) is 72.7 Å². The largest absolute Gasteiger partial charge is 0.393 e. The summed E-state index contributed by atoms with van der Waals surface area (Å²) in [5.41, 5.74) is -0.0937. The van der Waals surface area contributed by atoms with Gasteiger partial charge in [0, 0.05) is 43.8 Å². The van der Waals surface area contributed by atoms with Gasteiger partial charge in [-0.3, -0.25) is 14.8 Å². The number of urea groups is 1. The molecule has 40 heavy (non-hydrogen) atoms. The number of nitrogens with one attached hydrogen (secondary N) is 2. The highest BCUT2D eigenvalue weighted by Crippen LogP contribution is 2.49. The topological polar surface area (TPSA) is 124 Å². The minimum Gasteiger partial charge on any atom is -0.393 e. The van der Waals surface area contributed by atoms with Crippen LogP contribution in [-0.4, -0.2) is 107 Å². The SMILES string of the molecule is [B]C([B])(n1nc(N2CC(OC)C2)c2cnc(-c3[nH]ncc3NC(=O)N3CC[C@@H](O)CC34CC4)cc21)C1(F)CCC1. The van der Waals surface area contributed by atoms with Gasteiger partial charge in [-0.1, -0.05) is 0 Å². The van der Waals surface area contributed by atoms with Crippen LogP contribution in [0.1, 0.15) is 44.9 Å². The van der Waals surface area contributed by atoms with Crippen LogP contribution in [0.4, 0.5) is 20.7 Å². The molecule has 3 aromatic rings. The van der Waals surface area contributed by atoms with Gasteiger partial charge in [0.25, 0.3) is 0 Å². The van der Waals surface area contributed by atoms with Gasteiger partial charge in [0.15, 0.2) is 5.82 Å². The molecule has 0 bridgehead atoms. The van der Waals surface area contributed by atoms with Crippen molar-refractivity contribution in [2.45, 2.75) is 73.7 Å². The lowest BCUT2D eigenvalue weighted by Crippen LogP contribution is -2.58. The maximum absolute atomic E-state index is 15.7. The van der Waals surface area contributed by atoms with E-state index < -0.39 is 11.0 Å². The van der Waals surface area contributed by atoms with Crippen molar-refractivity contribution in [2.75, 3.05) is 37.0 Å². The molecule has 2 saturated carbocycles. The van der Waals surface area contributed by atoms with E-state index in [-0.39, 0.29) is 36.6 Å². The van der Waals surface area contributed by atoms with Gasteiger partial charge < -0.3 is 25.0 Å². The van der Waals surface area contributed by atoms with Crippen LogP contribution in [0.5, 0.6) is 0 Å². The fraction of sp³-hybridized carbons (Fsp3) is 0.615. The Kier molecular flexibility index (Phi) is 5.77. The lowest BCUT2D eigenvalue weighted by Gasteiger charge is -2.48. The molecule has 11 nitrogen and oxygen atoms in total. The fourth-order valence-corrected chi connectivity index (χ4v) is 6.34. The molecule has 7 rings (SSSR count). The number of aliphatic hydroxyl groups excluding tert-OH is 1. The lowest BCUT2D eigenvalue weighted by atomic mass is 9.48. The Morgan fingerprint density at radius 3 is 2.73 bits per heavy atom. The van der Waals surface area contributed by atoms with Gasteiger partial charge in [-0.2, -0.15) is 10.2 Å². The summed E-state index contributed by atoms with van der Waals surface area (Å²) in [4.78, 5) is 21.8. The number of hydrogen-bond acceptors (Lipinski definition) is 7. The molecule has 206 valence electrons. The van der Waals surface area contributed by atoms with Crippen molar-refractivity contribution in [1.82, 2.24) is 29.9 Å². The smallest absolute Gasteiger partial charge is 0.322 e. The van der Waals surface area contributed by atoms with Crippen LogP contribution in [0, 0.1) is 0 Å². The van der Waals surface area contributed by atoms with Crippen molar-refractivity contribution in [2.24, 2.45) is 0 Å². The van der Waals surface area contributed by atoms with Gasteiger partial charge >= 0.3 is 6.03 Å². The average Bonchev–Trinajstić information content (AvgIpc) is 3.30. The van der Waals surface area contributed by atoms with Gasteiger partial charge in [-0.25, -0.2) is 9.18 Å². The third-order valence-electron chi connectivity index (χ3n) is 9.32. The second kappa shape index (κ2) is 8.94. The predicted octanol–water partition coefficient (Wildman–Crippen LogP) is 2.02. The number of H-pyrrole nitrogens is 1. The third-order valence-corrected chi connectivity index (χ3v) is 9.32. The molecule has 0 unspecified atom stereocenters. The number of rotatable bonds is 6. The molecule has 2 aliphatic carbocycles. The molecule has 2 amide bonds. The number of likely N-dealkylation sites (tertiary alicyclic amines) is 1. The molecular formula is C26H31B2FN8O3. The fourth-order valence-electron chi connectivity index (χ4n) is 6.34. The molecule has 3 aromatic heterocycles. The number of carbonyl (C=O) groups excluding carboxylic acids is 1. The van der Waals surface area contributed by atoms with E-state index in [9.17, 15) is 9.90 Å². The van der Waals surface area contributed by atoms with E-state index in [0.717, 1.165) is 12.8 Å². The molecule has 4 radical (unpaired) electrons. The zero-order valence-corrected chi connectivity index (χ0v) is 22.4. The van der Waals surface area contributed by atoms with Crippen molar-refractivity contribution in [3.8, 4) is 11.4 Å². The van der Waals surface area contributed by atoms with Crippen molar-refractivity contribution in [3.05, 3.63) is 18.5 Å². The quantitative estimate of drug-likeness (QED) is 0.406. The highest BCUT2D eigenvalue weighted by Gasteiger charge is 2.53. The highest BCUT2D eigenvalue weighted by molar-refractivity contribution is 6.39. The molecule has 3 N–H and O–H groups in total. The number of alkyl halides is 1. The summed E-state index contributed by atoms with van der Waals surface area (Å²) in [6.07, 6.45) is 7.07. The summed E-state index contributed by atoms with van der Waals surface area (Å²) in [6.45, 7) is 1.77. The summed E-state index contributed by atoms with van der Waals surface area (Å²) in [5, 5.41) is 23.7. The molecule has 4 aliphatic rings. The van der Waals surface area contributed by atoms with Crippen LogP contribution in [0.15, 0.2) is 18.5 Å². The first-order valence-corrected chi connectivity index (χ1v) is 13.9. The summed E-state index contributed by atoms with van der Waals surface area (Å²) in [6, 6.07) is 1.51.